The molecule has 25 heavy (non-hydrogen) atoms. The van der Waals surface area contributed by atoms with Gasteiger partial charge in [-0.1, -0.05) is 24.3 Å². The molecule has 0 bridgehead atoms. The maximum absolute atomic E-state index is 12.4. The smallest absolute Gasteiger partial charge is 0.317 e. The summed E-state index contributed by atoms with van der Waals surface area (Å²) in [5.41, 5.74) is 1.97. The number of urea groups is 1. The number of nitrogens with one attached hydrogen (secondary N) is 1. The standard InChI is InChI=1S/C19H22N2O4/c1-21(11-13-6-8-16(22)9-7-13)19(23)20-15-10-14-4-3-5-17(24-2)18(14)25-12-15/h3-9,15,22H,10-12H2,1-2H3,(H,20,23)/t15-/m0/s1. The summed E-state index contributed by atoms with van der Waals surface area (Å²) < 4.78 is 11.1. The van der Waals surface area contributed by atoms with Crippen LogP contribution in [-0.2, 0) is 13.0 Å². The number of phenols is 1. The molecule has 3 rings (SSSR count). The van der Waals surface area contributed by atoms with Crippen LogP contribution in [0.1, 0.15) is 11.1 Å². The van der Waals surface area contributed by atoms with Crippen LogP contribution in [0.4, 0.5) is 4.79 Å². The Morgan fingerprint density at radius 1 is 1.32 bits per heavy atom. The summed E-state index contributed by atoms with van der Waals surface area (Å²) in [5, 5.41) is 12.3. The second-order valence-electron chi connectivity index (χ2n) is 6.13. The lowest BCUT2D eigenvalue weighted by molar-refractivity contribution is 0.186. The van der Waals surface area contributed by atoms with Crippen LogP contribution in [0.5, 0.6) is 17.2 Å². The highest BCUT2D eigenvalue weighted by atomic mass is 16.5. The number of amides is 2. The Hall–Kier alpha value is -2.89. The van der Waals surface area contributed by atoms with Crippen molar-refractivity contribution in [1.82, 2.24) is 10.2 Å². The molecule has 0 fully saturated rings. The van der Waals surface area contributed by atoms with Gasteiger partial charge in [-0.2, -0.15) is 0 Å². The van der Waals surface area contributed by atoms with Crippen LogP contribution in [0.3, 0.4) is 0 Å². The molecule has 0 unspecified atom stereocenters. The number of nitrogens with zero attached hydrogens (tertiary/aromatic N) is 1. The van der Waals surface area contributed by atoms with Gasteiger partial charge in [-0.25, -0.2) is 4.79 Å². The molecule has 6 nitrogen and oxygen atoms in total. The van der Waals surface area contributed by atoms with Crippen molar-refractivity contribution in [2.75, 3.05) is 20.8 Å². The van der Waals surface area contributed by atoms with E-state index in [2.05, 4.69) is 5.32 Å². The fourth-order valence-electron chi connectivity index (χ4n) is 2.88. The summed E-state index contributed by atoms with van der Waals surface area (Å²) in [7, 11) is 3.36. The second-order valence-corrected chi connectivity index (χ2v) is 6.13. The molecule has 2 N–H and O–H groups in total. The SMILES string of the molecule is COc1cccc2c1OC[C@@H](NC(=O)N(C)Cc1ccc(O)cc1)C2. The molecule has 0 aliphatic carbocycles. The van der Waals surface area contributed by atoms with Crippen LogP contribution in [0.2, 0.25) is 0 Å². The van der Waals surface area contributed by atoms with Gasteiger partial charge < -0.3 is 24.8 Å². The minimum atomic E-state index is -0.159. The number of phenolic OH excluding ortho intramolecular Hbond substituents is 1. The summed E-state index contributed by atoms with van der Waals surface area (Å²) in [6.45, 7) is 0.871. The summed E-state index contributed by atoms with van der Waals surface area (Å²) in [6.07, 6.45) is 0.700. The highest BCUT2D eigenvalue weighted by molar-refractivity contribution is 5.74. The van der Waals surface area contributed by atoms with Crippen LogP contribution >= 0.6 is 0 Å². The van der Waals surface area contributed by atoms with E-state index in [9.17, 15) is 9.90 Å². The molecule has 0 saturated heterocycles. The number of fused-ring (bicyclic) bond motifs is 1. The van der Waals surface area contributed by atoms with Gasteiger partial charge in [-0.05, 0) is 30.2 Å². The Balaban J connectivity index is 1.58. The Kier molecular flexibility index (Phi) is 4.97. The van der Waals surface area contributed by atoms with Crippen molar-refractivity contribution in [1.29, 1.82) is 0 Å². The fourth-order valence-corrected chi connectivity index (χ4v) is 2.88. The van der Waals surface area contributed by atoms with Crippen molar-refractivity contribution in [3.63, 3.8) is 0 Å². The van der Waals surface area contributed by atoms with Gasteiger partial charge in [0.2, 0.25) is 0 Å². The number of hydrogen-bond donors (Lipinski definition) is 2. The number of para-hydroxylation sites is 1. The van der Waals surface area contributed by atoms with Crippen molar-refractivity contribution in [2.24, 2.45) is 0 Å². The first-order valence-electron chi connectivity index (χ1n) is 8.15. The van der Waals surface area contributed by atoms with Gasteiger partial charge in [0.05, 0.1) is 13.2 Å². The molecule has 0 spiro atoms. The minimum Gasteiger partial charge on any atom is -0.508 e. The van der Waals surface area contributed by atoms with Gasteiger partial charge in [-0.15, -0.1) is 0 Å². The predicted molar refractivity (Wildman–Crippen MR) is 94.1 cm³/mol. The number of aromatic hydroxyl groups is 1. The van der Waals surface area contributed by atoms with Gasteiger partial charge in [-0.3, -0.25) is 0 Å². The molecule has 0 radical (unpaired) electrons. The number of methoxy groups -OCH3 is 1. The molecule has 2 amide bonds. The first-order valence-corrected chi connectivity index (χ1v) is 8.15. The molecule has 0 aromatic heterocycles. The van der Waals surface area contributed by atoms with Gasteiger partial charge in [0, 0.05) is 19.2 Å². The highest BCUT2D eigenvalue weighted by Gasteiger charge is 2.24. The summed E-state index contributed by atoms with van der Waals surface area (Å²) in [6, 6.07) is 12.3. The van der Waals surface area contributed by atoms with E-state index in [1.807, 2.05) is 18.2 Å². The van der Waals surface area contributed by atoms with Gasteiger partial charge in [0.1, 0.15) is 12.4 Å². The molecule has 0 saturated carbocycles. The van der Waals surface area contributed by atoms with E-state index in [0.29, 0.717) is 25.3 Å². The van der Waals surface area contributed by atoms with E-state index in [1.54, 1.807) is 43.3 Å². The predicted octanol–water partition coefficient (Wildman–Crippen LogP) is 2.55. The van der Waals surface area contributed by atoms with Crippen molar-refractivity contribution in [3.05, 3.63) is 53.6 Å². The maximum atomic E-state index is 12.4. The zero-order chi connectivity index (χ0) is 17.8. The number of carbonyl (C=O) groups is 1. The maximum Gasteiger partial charge on any atom is 0.317 e. The fraction of sp³-hybridized carbons (Fsp3) is 0.316. The number of hydrogen-bond acceptors (Lipinski definition) is 4. The lowest BCUT2D eigenvalue weighted by atomic mass is 10.0. The minimum absolute atomic E-state index is 0.0885. The molecular formula is C19H22N2O4. The number of rotatable bonds is 4. The zero-order valence-corrected chi connectivity index (χ0v) is 14.4. The Morgan fingerprint density at radius 3 is 2.80 bits per heavy atom. The number of ether oxygens (including phenoxy) is 2. The van der Waals surface area contributed by atoms with E-state index in [-0.39, 0.29) is 17.8 Å². The quantitative estimate of drug-likeness (QED) is 0.896. The molecule has 1 heterocycles. The Morgan fingerprint density at radius 2 is 2.08 bits per heavy atom. The van der Waals surface area contributed by atoms with E-state index in [4.69, 9.17) is 9.47 Å². The van der Waals surface area contributed by atoms with Gasteiger partial charge in [0.25, 0.3) is 0 Å². The monoisotopic (exact) mass is 342 g/mol. The van der Waals surface area contributed by atoms with Crippen molar-refractivity contribution < 1.29 is 19.4 Å². The number of carbonyl (C=O) groups excluding carboxylic acids is 1. The lowest BCUT2D eigenvalue weighted by Crippen LogP contribution is -2.47. The summed E-state index contributed by atoms with van der Waals surface area (Å²) in [4.78, 5) is 14.0. The molecule has 2 aromatic rings. The Labute approximate surface area is 147 Å². The topological polar surface area (TPSA) is 71.0 Å². The third-order valence-corrected chi connectivity index (χ3v) is 4.21. The first kappa shape index (κ1) is 17.0. The molecular weight excluding hydrogens is 320 g/mol. The average molecular weight is 342 g/mol. The van der Waals surface area contributed by atoms with Crippen molar-refractivity contribution >= 4 is 6.03 Å². The van der Waals surface area contributed by atoms with Gasteiger partial charge >= 0.3 is 6.03 Å². The molecule has 1 aliphatic rings. The third-order valence-electron chi connectivity index (χ3n) is 4.21. The van der Waals surface area contributed by atoms with Crippen LogP contribution in [-0.4, -0.2) is 42.8 Å². The van der Waals surface area contributed by atoms with E-state index in [1.165, 1.54) is 0 Å². The summed E-state index contributed by atoms with van der Waals surface area (Å²) >= 11 is 0. The van der Waals surface area contributed by atoms with Crippen LogP contribution in [0, 0.1) is 0 Å². The second kappa shape index (κ2) is 7.34. The van der Waals surface area contributed by atoms with E-state index in [0.717, 1.165) is 16.9 Å². The molecule has 1 aliphatic heterocycles. The van der Waals surface area contributed by atoms with Crippen LogP contribution < -0.4 is 14.8 Å². The molecule has 2 aromatic carbocycles. The number of benzene rings is 2. The van der Waals surface area contributed by atoms with Crippen LogP contribution in [0.15, 0.2) is 42.5 Å². The van der Waals surface area contributed by atoms with Crippen molar-refractivity contribution in [3.8, 4) is 17.2 Å². The lowest BCUT2D eigenvalue weighted by Gasteiger charge is -2.29. The molecule has 6 heteroatoms. The van der Waals surface area contributed by atoms with Crippen LogP contribution in [0.25, 0.3) is 0 Å². The normalized spacial score (nSPS) is 15.7. The Bertz CT molecular complexity index is 746. The molecule has 132 valence electrons. The van der Waals surface area contributed by atoms with E-state index < -0.39 is 0 Å². The molecule has 1 atom stereocenters. The highest BCUT2D eigenvalue weighted by Crippen LogP contribution is 2.34. The van der Waals surface area contributed by atoms with Crippen molar-refractivity contribution in [2.45, 2.75) is 19.0 Å². The van der Waals surface area contributed by atoms with Gasteiger partial charge in [0.15, 0.2) is 11.5 Å². The van der Waals surface area contributed by atoms with E-state index >= 15 is 0 Å². The largest absolute Gasteiger partial charge is 0.508 e. The summed E-state index contributed by atoms with van der Waals surface area (Å²) in [5.74, 6) is 1.68. The zero-order valence-electron chi connectivity index (χ0n) is 14.4. The first-order chi connectivity index (χ1) is 12.1. The third kappa shape index (κ3) is 3.96. The average Bonchev–Trinajstić information content (AvgIpc) is 2.62.